The molecule has 0 spiro atoms. The molecule has 0 saturated carbocycles. The number of aliphatic imine (C=N–C) groups is 1. The van der Waals surface area contributed by atoms with Gasteiger partial charge in [-0.05, 0) is 27.7 Å². The lowest BCUT2D eigenvalue weighted by Crippen LogP contribution is -2.55. The van der Waals surface area contributed by atoms with Crippen LogP contribution in [0.5, 0.6) is 0 Å². The summed E-state index contributed by atoms with van der Waals surface area (Å²) in [5.41, 5.74) is -0.294. The monoisotopic (exact) mass is 506 g/mol. The van der Waals surface area contributed by atoms with Crippen molar-refractivity contribution < 1.29 is 17.9 Å². The summed E-state index contributed by atoms with van der Waals surface area (Å²) in [6, 6.07) is 0. The fraction of sp³-hybridized carbons (Fsp3) is 0.938. The first kappa shape index (κ1) is 25.8. The van der Waals surface area contributed by atoms with E-state index in [1.165, 1.54) is 0 Å². The number of nitrogens with zero attached hydrogens (tertiary/aromatic N) is 3. The molecule has 0 bridgehead atoms. The summed E-state index contributed by atoms with van der Waals surface area (Å²) in [6.07, 6.45) is 0.0396. The summed E-state index contributed by atoms with van der Waals surface area (Å²) in [5, 5.41) is 3.29. The standard InChI is InChI=1S/C16H34N4O4S.HI/c1-14(2)24-11-12-25(21,22)20-9-7-19(8-10-20)15(17-5)18-13-16(3,4)23-6;/h14H,7-13H2,1-6H3,(H,17,18);1H. The lowest BCUT2D eigenvalue weighted by molar-refractivity contribution is 0.0262. The van der Waals surface area contributed by atoms with Crippen LogP contribution in [0, 0.1) is 0 Å². The molecular formula is C16H35IN4O4S. The summed E-state index contributed by atoms with van der Waals surface area (Å²) in [6.45, 7) is 10.8. The van der Waals surface area contributed by atoms with Crippen LogP contribution in [0.1, 0.15) is 27.7 Å². The topological polar surface area (TPSA) is 83.5 Å². The summed E-state index contributed by atoms with van der Waals surface area (Å²) >= 11 is 0. The van der Waals surface area contributed by atoms with Crippen molar-refractivity contribution in [2.24, 2.45) is 4.99 Å². The van der Waals surface area contributed by atoms with Crippen LogP contribution in [0.3, 0.4) is 0 Å². The normalized spacial score (nSPS) is 17.3. The number of piperazine rings is 1. The Morgan fingerprint density at radius 3 is 2.27 bits per heavy atom. The van der Waals surface area contributed by atoms with Gasteiger partial charge in [-0.3, -0.25) is 4.99 Å². The molecule has 1 aliphatic heterocycles. The molecule has 0 amide bonds. The first-order chi connectivity index (χ1) is 11.6. The molecule has 0 radical (unpaired) electrons. The highest BCUT2D eigenvalue weighted by molar-refractivity contribution is 14.0. The highest BCUT2D eigenvalue weighted by Gasteiger charge is 2.28. The second kappa shape index (κ2) is 11.6. The van der Waals surface area contributed by atoms with E-state index < -0.39 is 10.0 Å². The van der Waals surface area contributed by atoms with E-state index in [1.54, 1.807) is 18.5 Å². The van der Waals surface area contributed by atoms with E-state index in [4.69, 9.17) is 9.47 Å². The predicted molar refractivity (Wildman–Crippen MR) is 116 cm³/mol. The van der Waals surface area contributed by atoms with Gasteiger partial charge in [0, 0.05) is 46.9 Å². The Morgan fingerprint density at radius 1 is 1.23 bits per heavy atom. The van der Waals surface area contributed by atoms with Crippen LogP contribution >= 0.6 is 24.0 Å². The third-order valence-corrected chi connectivity index (χ3v) is 6.00. The molecular weight excluding hydrogens is 471 g/mol. The molecule has 1 saturated heterocycles. The summed E-state index contributed by atoms with van der Waals surface area (Å²) < 4.78 is 37.1. The molecule has 0 aromatic rings. The van der Waals surface area contributed by atoms with Crippen molar-refractivity contribution in [3.63, 3.8) is 0 Å². The van der Waals surface area contributed by atoms with Crippen molar-refractivity contribution in [1.82, 2.24) is 14.5 Å². The molecule has 0 aromatic heterocycles. The highest BCUT2D eigenvalue weighted by Crippen LogP contribution is 2.10. The lowest BCUT2D eigenvalue weighted by atomic mass is 10.1. The minimum atomic E-state index is -3.27. The van der Waals surface area contributed by atoms with Gasteiger partial charge in [-0.1, -0.05) is 0 Å². The number of nitrogens with one attached hydrogen (secondary N) is 1. The van der Waals surface area contributed by atoms with E-state index >= 15 is 0 Å². The zero-order chi connectivity index (χ0) is 19.1. The van der Waals surface area contributed by atoms with Gasteiger partial charge in [0.2, 0.25) is 10.0 Å². The van der Waals surface area contributed by atoms with Crippen LogP contribution in [-0.2, 0) is 19.5 Å². The van der Waals surface area contributed by atoms with E-state index in [0.717, 1.165) is 5.96 Å². The first-order valence-corrected chi connectivity index (χ1v) is 10.3. The van der Waals surface area contributed by atoms with Crippen molar-refractivity contribution in [1.29, 1.82) is 0 Å². The zero-order valence-corrected chi connectivity index (χ0v) is 20.0. The van der Waals surface area contributed by atoms with Crippen LogP contribution < -0.4 is 5.32 Å². The molecule has 0 aliphatic carbocycles. The molecule has 0 aromatic carbocycles. The number of guanidine groups is 1. The maximum Gasteiger partial charge on any atom is 0.216 e. The van der Waals surface area contributed by atoms with E-state index in [1.807, 2.05) is 27.7 Å². The minimum Gasteiger partial charge on any atom is -0.378 e. The number of sulfonamides is 1. The van der Waals surface area contributed by atoms with Crippen molar-refractivity contribution in [3.05, 3.63) is 0 Å². The SMILES string of the molecule is CN=C(NCC(C)(C)OC)N1CCN(S(=O)(=O)CCOC(C)C)CC1.I. The van der Waals surface area contributed by atoms with Gasteiger partial charge >= 0.3 is 0 Å². The molecule has 1 fully saturated rings. The molecule has 1 aliphatic rings. The Kier molecular flexibility index (Phi) is 11.5. The average Bonchev–Trinajstić information content (AvgIpc) is 2.55. The molecule has 1 heterocycles. The van der Waals surface area contributed by atoms with Gasteiger partial charge in [0.1, 0.15) is 0 Å². The molecule has 26 heavy (non-hydrogen) atoms. The summed E-state index contributed by atoms with van der Waals surface area (Å²) in [4.78, 5) is 6.37. The van der Waals surface area contributed by atoms with Crippen LogP contribution in [-0.4, -0.2) is 94.5 Å². The predicted octanol–water partition coefficient (Wildman–Crippen LogP) is 0.977. The summed E-state index contributed by atoms with van der Waals surface area (Å²) in [7, 11) is 0.135. The molecule has 1 N–H and O–H groups in total. The van der Waals surface area contributed by atoms with Gasteiger partial charge in [0.15, 0.2) is 5.96 Å². The summed E-state index contributed by atoms with van der Waals surface area (Å²) in [5.74, 6) is 0.797. The number of halogens is 1. The number of methoxy groups -OCH3 is 1. The second-order valence-electron chi connectivity index (χ2n) is 6.99. The maximum absolute atomic E-state index is 12.4. The van der Waals surface area contributed by atoms with Crippen molar-refractivity contribution in [3.8, 4) is 0 Å². The van der Waals surface area contributed by atoms with Crippen LogP contribution in [0.2, 0.25) is 0 Å². The van der Waals surface area contributed by atoms with E-state index in [-0.39, 0.29) is 48.0 Å². The van der Waals surface area contributed by atoms with Gasteiger partial charge in [0.05, 0.1) is 24.1 Å². The Labute approximate surface area is 175 Å². The smallest absolute Gasteiger partial charge is 0.216 e. The number of rotatable bonds is 8. The van der Waals surface area contributed by atoms with E-state index in [0.29, 0.717) is 32.7 Å². The minimum absolute atomic E-state index is 0. The van der Waals surface area contributed by atoms with Crippen LogP contribution in [0.15, 0.2) is 4.99 Å². The quantitative estimate of drug-likeness (QED) is 0.300. The van der Waals surface area contributed by atoms with E-state index in [9.17, 15) is 8.42 Å². The van der Waals surface area contributed by atoms with Crippen molar-refractivity contribution >= 4 is 40.0 Å². The largest absolute Gasteiger partial charge is 0.378 e. The van der Waals surface area contributed by atoms with Crippen molar-refractivity contribution in [2.45, 2.75) is 39.4 Å². The lowest BCUT2D eigenvalue weighted by Gasteiger charge is -2.36. The first-order valence-electron chi connectivity index (χ1n) is 8.71. The maximum atomic E-state index is 12.4. The van der Waals surface area contributed by atoms with Crippen LogP contribution in [0.4, 0.5) is 0 Å². The molecule has 156 valence electrons. The average molecular weight is 506 g/mol. The third kappa shape index (κ3) is 8.68. The Balaban J connectivity index is 0.00000625. The fourth-order valence-electron chi connectivity index (χ4n) is 2.39. The van der Waals surface area contributed by atoms with Gasteiger partial charge in [-0.2, -0.15) is 4.31 Å². The molecule has 1 rings (SSSR count). The van der Waals surface area contributed by atoms with Crippen LogP contribution in [0.25, 0.3) is 0 Å². The third-order valence-electron chi connectivity index (χ3n) is 4.16. The Morgan fingerprint density at radius 2 is 1.81 bits per heavy atom. The van der Waals surface area contributed by atoms with Gasteiger partial charge < -0.3 is 19.7 Å². The van der Waals surface area contributed by atoms with E-state index in [2.05, 4.69) is 15.2 Å². The molecule has 0 atom stereocenters. The van der Waals surface area contributed by atoms with Gasteiger partial charge in [-0.15, -0.1) is 24.0 Å². The number of hydrogen-bond acceptors (Lipinski definition) is 5. The highest BCUT2D eigenvalue weighted by atomic mass is 127. The van der Waals surface area contributed by atoms with Gasteiger partial charge in [0.25, 0.3) is 0 Å². The number of hydrogen-bond donors (Lipinski definition) is 1. The number of ether oxygens (including phenoxy) is 2. The fourth-order valence-corrected chi connectivity index (χ4v) is 3.68. The van der Waals surface area contributed by atoms with Gasteiger partial charge in [-0.25, -0.2) is 8.42 Å². The Hall–Kier alpha value is -0.170. The van der Waals surface area contributed by atoms with Crippen molar-refractivity contribution in [2.75, 3.05) is 59.2 Å². The Bertz CT molecular complexity index is 532. The molecule has 0 unspecified atom stereocenters. The molecule has 10 heteroatoms. The molecule has 8 nitrogen and oxygen atoms in total. The second-order valence-corrected chi connectivity index (χ2v) is 9.07. The zero-order valence-electron chi connectivity index (χ0n) is 16.8.